The number of nitrogens with zero attached hydrogens (tertiary/aromatic N) is 1. The molecule has 0 aliphatic rings. The van der Waals surface area contributed by atoms with Crippen LogP contribution in [-0.2, 0) is 0 Å². The van der Waals surface area contributed by atoms with Crippen molar-refractivity contribution >= 4 is 40.7 Å². The first-order valence-corrected chi connectivity index (χ1v) is 7.55. The summed E-state index contributed by atoms with van der Waals surface area (Å²) in [6.07, 6.45) is 3.33. The van der Waals surface area contributed by atoms with Crippen molar-refractivity contribution in [1.29, 1.82) is 0 Å². The highest BCUT2D eigenvalue weighted by Crippen LogP contribution is 2.12. The third-order valence-corrected chi connectivity index (χ3v) is 3.97. The van der Waals surface area contributed by atoms with Gasteiger partial charge in [-0.1, -0.05) is 66.3 Å². The van der Waals surface area contributed by atoms with Gasteiger partial charge in [0.1, 0.15) is 4.99 Å². The van der Waals surface area contributed by atoms with Crippen molar-refractivity contribution < 1.29 is 4.79 Å². The Balaban J connectivity index is 2.09. The summed E-state index contributed by atoms with van der Waals surface area (Å²) in [6.45, 7) is 0. The monoisotopic (exact) mass is 329 g/mol. The summed E-state index contributed by atoms with van der Waals surface area (Å²) in [5, 5.41) is 0.677. The molecule has 0 aromatic heterocycles. The number of hydrogen-bond acceptors (Lipinski definition) is 2. The number of allylic oxidation sites excluding steroid dienone is 1. The van der Waals surface area contributed by atoms with E-state index in [2.05, 4.69) is 0 Å². The highest BCUT2D eigenvalue weighted by atomic mass is 35.5. The summed E-state index contributed by atoms with van der Waals surface area (Å²) < 4.78 is 0. The minimum Gasteiger partial charge on any atom is -0.368 e. The van der Waals surface area contributed by atoms with E-state index in [9.17, 15) is 4.79 Å². The average molecular weight is 330 g/mol. The SMILES string of the molecule is CN(C)C(=S)c1ccc(C(=O)/C=C/c2ccc(Cl)cc2)cc1. The molecule has 0 unspecified atom stereocenters. The van der Waals surface area contributed by atoms with Gasteiger partial charge in [-0.3, -0.25) is 4.79 Å². The van der Waals surface area contributed by atoms with E-state index < -0.39 is 0 Å². The first-order chi connectivity index (χ1) is 10.5. The smallest absolute Gasteiger partial charge is 0.185 e. The zero-order valence-corrected chi connectivity index (χ0v) is 14.0. The van der Waals surface area contributed by atoms with E-state index in [1.807, 2.05) is 43.3 Å². The van der Waals surface area contributed by atoms with Crippen molar-refractivity contribution in [1.82, 2.24) is 4.90 Å². The molecule has 2 aromatic carbocycles. The molecule has 4 heteroatoms. The van der Waals surface area contributed by atoms with E-state index in [0.717, 1.165) is 16.1 Å². The fourth-order valence-corrected chi connectivity index (χ4v) is 2.14. The van der Waals surface area contributed by atoms with Crippen LogP contribution >= 0.6 is 23.8 Å². The highest BCUT2D eigenvalue weighted by molar-refractivity contribution is 7.80. The summed E-state index contributed by atoms with van der Waals surface area (Å²) in [6, 6.07) is 14.6. The van der Waals surface area contributed by atoms with Crippen LogP contribution in [0.1, 0.15) is 21.5 Å². The molecule has 0 aliphatic carbocycles. The number of hydrogen-bond donors (Lipinski definition) is 0. The van der Waals surface area contributed by atoms with Crippen LogP contribution in [0, 0.1) is 0 Å². The van der Waals surface area contributed by atoms with Gasteiger partial charge in [0.25, 0.3) is 0 Å². The number of rotatable bonds is 4. The van der Waals surface area contributed by atoms with Crippen LogP contribution in [-0.4, -0.2) is 29.8 Å². The van der Waals surface area contributed by atoms with Gasteiger partial charge >= 0.3 is 0 Å². The molecule has 0 aliphatic heterocycles. The fourth-order valence-electron chi connectivity index (χ4n) is 1.88. The van der Waals surface area contributed by atoms with Crippen molar-refractivity contribution in [2.75, 3.05) is 14.1 Å². The minimum absolute atomic E-state index is 0.0442. The lowest BCUT2D eigenvalue weighted by Crippen LogP contribution is -2.20. The average Bonchev–Trinajstić information content (AvgIpc) is 2.53. The molecule has 0 fully saturated rings. The minimum atomic E-state index is -0.0442. The van der Waals surface area contributed by atoms with E-state index in [1.165, 1.54) is 0 Å². The van der Waals surface area contributed by atoms with Gasteiger partial charge in [0.05, 0.1) is 0 Å². The maximum Gasteiger partial charge on any atom is 0.185 e. The number of carbonyl (C=O) groups excluding carboxylic acids is 1. The Morgan fingerprint density at radius 3 is 2.09 bits per heavy atom. The Labute approximate surface area is 141 Å². The number of carbonyl (C=O) groups is 1. The van der Waals surface area contributed by atoms with E-state index >= 15 is 0 Å². The Hall–Kier alpha value is -1.97. The van der Waals surface area contributed by atoms with Crippen molar-refractivity contribution in [3.63, 3.8) is 0 Å². The van der Waals surface area contributed by atoms with Crippen molar-refractivity contribution in [3.8, 4) is 0 Å². The second-order valence-corrected chi connectivity index (χ2v) is 5.85. The van der Waals surface area contributed by atoms with Crippen LogP contribution < -0.4 is 0 Å². The van der Waals surface area contributed by atoms with Gasteiger partial charge in [-0.25, -0.2) is 0 Å². The number of benzene rings is 2. The number of halogens is 1. The molecule has 0 saturated heterocycles. The summed E-state index contributed by atoms with van der Waals surface area (Å²) in [5.41, 5.74) is 2.50. The molecule has 0 spiro atoms. The van der Waals surface area contributed by atoms with Crippen molar-refractivity contribution in [2.45, 2.75) is 0 Å². The molecule has 2 nitrogen and oxygen atoms in total. The predicted octanol–water partition coefficient (Wildman–Crippen LogP) is 4.47. The standard InChI is InChI=1S/C18H16ClNOS/c1-20(2)18(22)15-8-6-14(7-9-15)17(21)12-5-13-3-10-16(19)11-4-13/h3-12H,1-2H3/b12-5+. The molecule has 112 valence electrons. The Kier molecular flexibility index (Phi) is 5.47. The molecule has 0 amide bonds. The molecule has 0 atom stereocenters. The van der Waals surface area contributed by atoms with Crippen molar-refractivity contribution in [3.05, 3.63) is 76.3 Å². The van der Waals surface area contributed by atoms with Gasteiger partial charge in [-0.15, -0.1) is 0 Å². The number of thiocarbonyl (C=S) groups is 1. The summed E-state index contributed by atoms with van der Waals surface area (Å²) in [4.78, 5) is 14.8. The van der Waals surface area contributed by atoms with Crippen LogP contribution in [0.3, 0.4) is 0 Å². The lowest BCUT2D eigenvalue weighted by molar-refractivity contribution is 0.104. The molecule has 0 bridgehead atoms. The van der Waals surface area contributed by atoms with Gasteiger partial charge in [0.15, 0.2) is 5.78 Å². The summed E-state index contributed by atoms with van der Waals surface area (Å²) in [7, 11) is 3.80. The van der Waals surface area contributed by atoms with E-state index in [1.54, 1.807) is 36.4 Å². The molecule has 0 saturated carbocycles. The second kappa shape index (κ2) is 7.34. The Morgan fingerprint density at radius 2 is 1.55 bits per heavy atom. The molecule has 2 aromatic rings. The fraction of sp³-hybridized carbons (Fsp3) is 0.111. The lowest BCUT2D eigenvalue weighted by atomic mass is 10.1. The maximum atomic E-state index is 12.1. The van der Waals surface area contributed by atoms with E-state index in [0.29, 0.717) is 10.6 Å². The van der Waals surface area contributed by atoms with Crippen molar-refractivity contribution in [2.24, 2.45) is 0 Å². The van der Waals surface area contributed by atoms with Gasteiger partial charge in [0.2, 0.25) is 0 Å². The first-order valence-electron chi connectivity index (χ1n) is 6.77. The normalized spacial score (nSPS) is 10.7. The second-order valence-electron chi connectivity index (χ2n) is 5.03. The van der Waals surface area contributed by atoms with Crippen LogP contribution in [0.2, 0.25) is 5.02 Å². The Morgan fingerprint density at radius 1 is 1.00 bits per heavy atom. The first kappa shape index (κ1) is 16.4. The highest BCUT2D eigenvalue weighted by Gasteiger charge is 2.05. The van der Waals surface area contributed by atoms with E-state index in [-0.39, 0.29) is 5.78 Å². The quantitative estimate of drug-likeness (QED) is 0.469. The van der Waals surface area contributed by atoms with Crippen LogP contribution in [0.15, 0.2) is 54.6 Å². The van der Waals surface area contributed by atoms with E-state index in [4.69, 9.17) is 23.8 Å². The lowest BCUT2D eigenvalue weighted by Gasteiger charge is -2.13. The van der Waals surface area contributed by atoms with Crippen LogP contribution in [0.5, 0.6) is 0 Å². The zero-order valence-electron chi connectivity index (χ0n) is 12.4. The summed E-state index contributed by atoms with van der Waals surface area (Å²) >= 11 is 11.1. The molecule has 22 heavy (non-hydrogen) atoms. The van der Waals surface area contributed by atoms with Gasteiger partial charge in [-0.2, -0.15) is 0 Å². The molecule has 0 heterocycles. The largest absolute Gasteiger partial charge is 0.368 e. The molecular weight excluding hydrogens is 314 g/mol. The molecule has 2 rings (SSSR count). The maximum absolute atomic E-state index is 12.1. The summed E-state index contributed by atoms with van der Waals surface area (Å²) in [5.74, 6) is -0.0442. The number of ketones is 1. The molecular formula is C18H16ClNOS. The van der Waals surface area contributed by atoms with Gasteiger partial charge in [0, 0.05) is 30.2 Å². The Bertz CT molecular complexity index is 703. The topological polar surface area (TPSA) is 20.3 Å². The molecule has 0 N–H and O–H groups in total. The zero-order chi connectivity index (χ0) is 16.1. The van der Waals surface area contributed by atoms with Crippen LogP contribution in [0.25, 0.3) is 6.08 Å². The van der Waals surface area contributed by atoms with Gasteiger partial charge < -0.3 is 4.90 Å². The predicted molar refractivity (Wildman–Crippen MR) is 96.6 cm³/mol. The third kappa shape index (κ3) is 4.26. The van der Waals surface area contributed by atoms with Crippen LogP contribution in [0.4, 0.5) is 0 Å². The third-order valence-electron chi connectivity index (χ3n) is 3.12. The molecule has 0 radical (unpaired) electrons. The van der Waals surface area contributed by atoms with Gasteiger partial charge in [-0.05, 0) is 23.8 Å².